The molecule has 10 nitrogen and oxygen atoms in total. The molecule has 1 aliphatic carbocycles. The monoisotopic (exact) mass is 401 g/mol. The Kier molecular flexibility index (Phi) is 5.23. The summed E-state index contributed by atoms with van der Waals surface area (Å²) in [5, 5.41) is 22.8. The lowest BCUT2D eigenvalue weighted by Crippen LogP contribution is -2.29. The van der Waals surface area contributed by atoms with Gasteiger partial charge in [-0.3, -0.25) is 29.1 Å². The number of carbonyl (C=O) groups is 2. The number of nitrogens with one attached hydrogen (secondary N) is 1. The van der Waals surface area contributed by atoms with E-state index in [1.807, 2.05) is 0 Å². The van der Waals surface area contributed by atoms with E-state index in [0.29, 0.717) is 11.4 Å². The van der Waals surface area contributed by atoms with E-state index >= 15 is 0 Å². The predicted octanol–water partition coefficient (Wildman–Crippen LogP) is 1.31. The third-order valence-corrected chi connectivity index (χ3v) is 5.59. The SMILES string of the molecule is N#Cc1cc([N+](=O)[O-])cn(CC(=O)Nc2sc3c(c2C(N)=O)CCCC3)c1=O. The number of nitrogens with zero attached hydrogens (tertiary/aromatic N) is 3. The number of primary amides is 1. The molecule has 0 spiro atoms. The molecule has 0 aliphatic heterocycles. The van der Waals surface area contributed by atoms with Crippen LogP contribution in [0.4, 0.5) is 10.7 Å². The standard InChI is InChI=1S/C17H15N5O5S/c18-6-9-5-10(22(26)27)7-21(17(9)25)8-13(23)20-16-14(15(19)24)11-3-1-2-4-12(11)28-16/h5,7H,1-4,8H2,(H2,19,24)(H,20,23). The van der Waals surface area contributed by atoms with Crippen molar-refractivity contribution < 1.29 is 14.5 Å². The normalized spacial score (nSPS) is 12.7. The summed E-state index contributed by atoms with van der Waals surface area (Å²) in [6.45, 7) is -0.546. The van der Waals surface area contributed by atoms with Gasteiger partial charge in [0, 0.05) is 10.9 Å². The number of aromatic nitrogens is 1. The zero-order chi connectivity index (χ0) is 20.4. The van der Waals surface area contributed by atoms with Crippen LogP contribution >= 0.6 is 11.3 Å². The minimum absolute atomic E-state index is 0.275. The van der Waals surface area contributed by atoms with Crippen molar-refractivity contribution >= 4 is 33.8 Å². The van der Waals surface area contributed by atoms with Crippen molar-refractivity contribution in [2.75, 3.05) is 5.32 Å². The minimum atomic E-state index is -0.816. The van der Waals surface area contributed by atoms with Gasteiger partial charge in [0.15, 0.2) is 0 Å². The van der Waals surface area contributed by atoms with Gasteiger partial charge in [-0.2, -0.15) is 5.26 Å². The molecule has 2 aromatic heterocycles. The van der Waals surface area contributed by atoms with Crippen LogP contribution in [0.15, 0.2) is 17.1 Å². The lowest BCUT2D eigenvalue weighted by molar-refractivity contribution is -0.385. The van der Waals surface area contributed by atoms with Gasteiger partial charge in [-0.15, -0.1) is 11.3 Å². The number of aryl methyl sites for hydroxylation is 1. The van der Waals surface area contributed by atoms with Crippen molar-refractivity contribution in [3.63, 3.8) is 0 Å². The number of hydrogen-bond donors (Lipinski definition) is 2. The summed E-state index contributed by atoms with van der Waals surface area (Å²) < 4.78 is 0.795. The Hall–Kier alpha value is -3.52. The van der Waals surface area contributed by atoms with E-state index in [9.17, 15) is 24.5 Å². The maximum Gasteiger partial charge on any atom is 0.287 e. The van der Waals surface area contributed by atoms with Crippen molar-refractivity contribution in [3.8, 4) is 6.07 Å². The van der Waals surface area contributed by atoms with E-state index in [1.165, 1.54) is 11.3 Å². The predicted molar refractivity (Wildman–Crippen MR) is 100 cm³/mol. The van der Waals surface area contributed by atoms with Crippen LogP contribution in [-0.2, 0) is 24.2 Å². The first kappa shape index (κ1) is 19.2. The maximum atomic E-state index is 12.4. The summed E-state index contributed by atoms with van der Waals surface area (Å²) in [4.78, 5) is 47.7. The number of carbonyl (C=O) groups excluding carboxylic acids is 2. The molecule has 28 heavy (non-hydrogen) atoms. The van der Waals surface area contributed by atoms with Gasteiger partial charge < -0.3 is 11.1 Å². The van der Waals surface area contributed by atoms with Crippen molar-refractivity contribution in [2.24, 2.45) is 5.73 Å². The van der Waals surface area contributed by atoms with E-state index in [2.05, 4.69) is 5.32 Å². The van der Waals surface area contributed by atoms with Crippen LogP contribution in [0.2, 0.25) is 0 Å². The molecule has 0 saturated carbocycles. The Morgan fingerprint density at radius 2 is 2.11 bits per heavy atom. The number of amides is 2. The number of hydrogen-bond acceptors (Lipinski definition) is 7. The first-order valence-corrected chi connectivity index (χ1v) is 9.16. The molecule has 0 radical (unpaired) electrons. The summed E-state index contributed by atoms with van der Waals surface area (Å²) in [5.74, 6) is -1.30. The lowest BCUT2D eigenvalue weighted by atomic mass is 9.95. The molecule has 0 aromatic carbocycles. The molecular formula is C17H15N5O5S. The van der Waals surface area contributed by atoms with Crippen LogP contribution in [0.25, 0.3) is 0 Å². The van der Waals surface area contributed by atoms with Crippen LogP contribution in [0.5, 0.6) is 0 Å². The second kappa shape index (κ2) is 7.61. The van der Waals surface area contributed by atoms with Gasteiger partial charge in [0.25, 0.3) is 17.2 Å². The lowest BCUT2D eigenvalue weighted by Gasteiger charge is -2.11. The zero-order valence-electron chi connectivity index (χ0n) is 14.6. The summed E-state index contributed by atoms with van der Waals surface area (Å²) in [6, 6.07) is 2.44. The number of anilines is 1. The van der Waals surface area contributed by atoms with Crippen LogP contribution < -0.4 is 16.6 Å². The van der Waals surface area contributed by atoms with Crippen molar-refractivity contribution in [2.45, 2.75) is 32.2 Å². The molecule has 3 N–H and O–H groups in total. The highest BCUT2D eigenvalue weighted by atomic mass is 32.1. The Morgan fingerprint density at radius 3 is 2.75 bits per heavy atom. The molecule has 0 unspecified atom stereocenters. The highest BCUT2D eigenvalue weighted by Crippen LogP contribution is 2.37. The van der Waals surface area contributed by atoms with Gasteiger partial charge >= 0.3 is 0 Å². The smallest absolute Gasteiger partial charge is 0.287 e. The minimum Gasteiger partial charge on any atom is -0.365 e. The topological polar surface area (TPSA) is 161 Å². The second-order valence-electron chi connectivity index (χ2n) is 6.24. The molecule has 3 rings (SSSR count). The van der Waals surface area contributed by atoms with Gasteiger partial charge in [-0.1, -0.05) is 0 Å². The average molecular weight is 401 g/mol. The fourth-order valence-corrected chi connectivity index (χ4v) is 4.46. The maximum absolute atomic E-state index is 12.4. The molecule has 1 aliphatic rings. The highest BCUT2D eigenvalue weighted by Gasteiger charge is 2.25. The Morgan fingerprint density at radius 1 is 1.39 bits per heavy atom. The van der Waals surface area contributed by atoms with Gasteiger partial charge in [-0.25, -0.2) is 0 Å². The molecule has 144 valence electrons. The third-order valence-electron chi connectivity index (χ3n) is 4.39. The third kappa shape index (κ3) is 3.63. The van der Waals surface area contributed by atoms with Gasteiger partial charge in [0.2, 0.25) is 5.91 Å². The average Bonchev–Trinajstić information content (AvgIpc) is 3.00. The van der Waals surface area contributed by atoms with E-state index in [-0.39, 0.29) is 5.56 Å². The van der Waals surface area contributed by atoms with E-state index in [0.717, 1.165) is 46.5 Å². The summed E-state index contributed by atoms with van der Waals surface area (Å²) in [6.07, 6.45) is 4.32. The summed E-state index contributed by atoms with van der Waals surface area (Å²) in [7, 11) is 0. The zero-order valence-corrected chi connectivity index (χ0v) is 15.4. The molecule has 0 fully saturated rings. The second-order valence-corrected chi connectivity index (χ2v) is 7.35. The van der Waals surface area contributed by atoms with Crippen LogP contribution in [0.3, 0.4) is 0 Å². The molecule has 2 aromatic rings. The number of thiophene rings is 1. The first-order valence-electron chi connectivity index (χ1n) is 8.35. The Labute approximate surface area is 162 Å². The van der Waals surface area contributed by atoms with E-state index in [1.54, 1.807) is 6.07 Å². The van der Waals surface area contributed by atoms with E-state index < -0.39 is 40.1 Å². The fraction of sp³-hybridized carbons (Fsp3) is 0.294. The fourth-order valence-electron chi connectivity index (χ4n) is 3.15. The number of pyridine rings is 1. The number of fused-ring (bicyclic) bond motifs is 1. The number of nitrogens with two attached hydrogens (primary N) is 1. The highest BCUT2D eigenvalue weighted by molar-refractivity contribution is 7.17. The molecular weight excluding hydrogens is 386 g/mol. The number of nitro groups is 1. The molecule has 0 atom stereocenters. The molecule has 11 heteroatoms. The van der Waals surface area contributed by atoms with Crippen LogP contribution in [0, 0.1) is 21.4 Å². The Balaban J connectivity index is 1.90. The van der Waals surface area contributed by atoms with Crippen LogP contribution in [0.1, 0.15) is 39.2 Å². The van der Waals surface area contributed by atoms with Crippen molar-refractivity contribution in [1.29, 1.82) is 5.26 Å². The van der Waals surface area contributed by atoms with E-state index in [4.69, 9.17) is 11.0 Å². The van der Waals surface area contributed by atoms with Crippen molar-refractivity contribution in [1.82, 2.24) is 4.57 Å². The quantitative estimate of drug-likeness (QED) is 0.567. The first-order chi connectivity index (χ1) is 13.3. The van der Waals surface area contributed by atoms with Gasteiger partial charge in [0.1, 0.15) is 23.2 Å². The Bertz CT molecular complexity index is 1090. The molecule has 2 amide bonds. The molecule has 0 saturated heterocycles. The van der Waals surface area contributed by atoms with Gasteiger partial charge in [-0.05, 0) is 31.2 Å². The number of nitriles is 1. The van der Waals surface area contributed by atoms with Crippen LogP contribution in [-0.4, -0.2) is 21.3 Å². The van der Waals surface area contributed by atoms with Crippen molar-refractivity contribution in [3.05, 3.63) is 54.3 Å². The molecule has 2 heterocycles. The number of rotatable bonds is 5. The summed E-state index contributed by atoms with van der Waals surface area (Å²) in [5.41, 5.74) is 4.86. The summed E-state index contributed by atoms with van der Waals surface area (Å²) >= 11 is 1.27. The van der Waals surface area contributed by atoms with Gasteiger partial charge in [0.05, 0.1) is 16.7 Å². The largest absolute Gasteiger partial charge is 0.365 e. The molecule has 0 bridgehead atoms.